The number of ether oxygens (including phenoxy) is 1. The monoisotopic (exact) mass is 246 g/mol. The van der Waals surface area contributed by atoms with Crippen molar-refractivity contribution in [1.82, 2.24) is 0 Å². The molecule has 0 radical (unpaired) electrons. The molecule has 2 heteroatoms. The largest absolute Gasteiger partial charge is 0.378 e. The molecule has 1 aliphatic rings. The highest BCUT2D eigenvalue weighted by molar-refractivity contribution is 6.21. The maximum Gasteiger partial charge on any atom is 0.0659 e. The van der Waals surface area contributed by atoms with Gasteiger partial charge in [0.05, 0.1) is 6.10 Å². The Morgan fingerprint density at radius 2 is 1.81 bits per heavy atom. The van der Waals surface area contributed by atoms with Gasteiger partial charge in [-0.05, 0) is 25.7 Å². The molecule has 96 valence electrons. The second-order valence-electron chi connectivity index (χ2n) is 5.06. The van der Waals surface area contributed by atoms with Gasteiger partial charge in [-0.2, -0.15) is 0 Å². The van der Waals surface area contributed by atoms with E-state index in [4.69, 9.17) is 16.3 Å². The van der Waals surface area contributed by atoms with E-state index >= 15 is 0 Å². The second-order valence-corrected chi connectivity index (χ2v) is 5.59. The lowest BCUT2D eigenvalue weighted by Gasteiger charge is -2.52. The molecule has 0 aromatic heterocycles. The first-order valence-electron chi connectivity index (χ1n) is 6.96. The summed E-state index contributed by atoms with van der Waals surface area (Å²) in [6, 6.07) is 0. The fraction of sp³-hybridized carbons (Fsp3) is 1.00. The quantitative estimate of drug-likeness (QED) is 0.443. The number of hydrogen-bond donors (Lipinski definition) is 0. The summed E-state index contributed by atoms with van der Waals surface area (Å²) >= 11 is 6.35. The molecule has 2 atom stereocenters. The summed E-state index contributed by atoms with van der Waals surface area (Å²) in [5.41, 5.74) is 0.270. The Balaban J connectivity index is 2.22. The lowest BCUT2D eigenvalue weighted by Crippen LogP contribution is -2.55. The van der Waals surface area contributed by atoms with Crippen LogP contribution in [0.2, 0.25) is 0 Å². The lowest BCUT2D eigenvalue weighted by molar-refractivity contribution is -0.112. The van der Waals surface area contributed by atoms with Crippen molar-refractivity contribution in [3.05, 3.63) is 0 Å². The molecule has 1 aliphatic carbocycles. The van der Waals surface area contributed by atoms with Gasteiger partial charge in [0.25, 0.3) is 0 Å². The van der Waals surface area contributed by atoms with Crippen LogP contribution in [0.4, 0.5) is 0 Å². The van der Waals surface area contributed by atoms with Crippen molar-refractivity contribution in [3.8, 4) is 0 Å². The molecule has 0 bridgehead atoms. The van der Waals surface area contributed by atoms with Gasteiger partial charge in [-0.25, -0.2) is 0 Å². The molecule has 0 N–H and O–H groups in total. The summed E-state index contributed by atoms with van der Waals surface area (Å²) in [5, 5.41) is 0.336. The van der Waals surface area contributed by atoms with E-state index in [2.05, 4.69) is 20.8 Å². The van der Waals surface area contributed by atoms with Gasteiger partial charge in [-0.1, -0.05) is 40.0 Å². The topological polar surface area (TPSA) is 9.23 Å². The molecule has 1 rings (SSSR count). The Kier molecular flexibility index (Phi) is 6.13. The Hall–Kier alpha value is 0.250. The fourth-order valence-electron chi connectivity index (χ4n) is 2.84. The molecule has 0 heterocycles. The van der Waals surface area contributed by atoms with Crippen LogP contribution in [0.1, 0.15) is 65.7 Å². The highest BCUT2D eigenvalue weighted by atomic mass is 35.5. The SMILES string of the molecule is CCCCCCOC1CC(Cl)C1(CC)CC. The van der Waals surface area contributed by atoms with Crippen LogP contribution in [0.15, 0.2) is 0 Å². The smallest absolute Gasteiger partial charge is 0.0659 e. The molecule has 0 aromatic rings. The van der Waals surface area contributed by atoms with Crippen molar-refractivity contribution in [3.63, 3.8) is 0 Å². The molecular weight excluding hydrogens is 220 g/mol. The van der Waals surface area contributed by atoms with Crippen molar-refractivity contribution in [2.75, 3.05) is 6.61 Å². The lowest BCUT2D eigenvalue weighted by atomic mass is 9.62. The summed E-state index contributed by atoms with van der Waals surface area (Å²) in [6.45, 7) is 7.65. The Morgan fingerprint density at radius 3 is 2.31 bits per heavy atom. The predicted octanol–water partition coefficient (Wildman–Crippen LogP) is 4.77. The van der Waals surface area contributed by atoms with Gasteiger partial charge in [0.15, 0.2) is 0 Å². The van der Waals surface area contributed by atoms with Gasteiger partial charge >= 0.3 is 0 Å². The molecule has 1 fully saturated rings. The third-order valence-corrected chi connectivity index (χ3v) is 4.93. The van der Waals surface area contributed by atoms with Crippen LogP contribution in [0.3, 0.4) is 0 Å². The maximum atomic E-state index is 6.35. The van der Waals surface area contributed by atoms with Crippen molar-refractivity contribution in [1.29, 1.82) is 0 Å². The minimum Gasteiger partial charge on any atom is -0.378 e. The van der Waals surface area contributed by atoms with Crippen LogP contribution in [-0.4, -0.2) is 18.1 Å². The standard InChI is InChI=1S/C14H27ClO/c1-4-7-8-9-10-16-13-11-12(15)14(13,5-2)6-3/h12-13H,4-11H2,1-3H3. The molecule has 1 saturated carbocycles. The predicted molar refractivity (Wildman–Crippen MR) is 71.2 cm³/mol. The van der Waals surface area contributed by atoms with Crippen LogP contribution in [0.25, 0.3) is 0 Å². The zero-order valence-corrected chi connectivity index (χ0v) is 11.9. The molecule has 0 amide bonds. The van der Waals surface area contributed by atoms with Crippen LogP contribution in [0, 0.1) is 5.41 Å². The van der Waals surface area contributed by atoms with E-state index in [-0.39, 0.29) is 5.41 Å². The summed E-state index contributed by atoms with van der Waals surface area (Å²) in [7, 11) is 0. The van der Waals surface area contributed by atoms with Gasteiger partial charge in [0.2, 0.25) is 0 Å². The molecular formula is C14H27ClO. The number of alkyl halides is 1. The molecule has 0 aliphatic heterocycles. The zero-order valence-electron chi connectivity index (χ0n) is 11.1. The van der Waals surface area contributed by atoms with Gasteiger partial charge in [-0.15, -0.1) is 11.6 Å². The van der Waals surface area contributed by atoms with Crippen molar-refractivity contribution >= 4 is 11.6 Å². The Labute approximate surface area is 106 Å². The van der Waals surface area contributed by atoms with Crippen LogP contribution in [0.5, 0.6) is 0 Å². The average molecular weight is 247 g/mol. The van der Waals surface area contributed by atoms with E-state index in [0.29, 0.717) is 11.5 Å². The second kappa shape index (κ2) is 6.86. The minimum absolute atomic E-state index is 0.270. The van der Waals surface area contributed by atoms with Crippen LogP contribution in [-0.2, 0) is 4.74 Å². The van der Waals surface area contributed by atoms with Crippen molar-refractivity contribution < 1.29 is 4.74 Å². The first-order valence-corrected chi connectivity index (χ1v) is 7.40. The summed E-state index contributed by atoms with van der Waals surface area (Å²) < 4.78 is 6.01. The highest BCUT2D eigenvalue weighted by Crippen LogP contribution is 2.51. The van der Waals surface area contributed by atoms with E-state index in [9.17, 15) is 0 Å². The molecule has 0 saturated heterocycles. The highest BCUT2D eigenvalue weighted by Gasteiger charge is 2.52. The molecule has 0 spiro atoms. The first kappa shape index (κ1) is 14.3. The third kappa shape index (κ3) is 2.92. The van der Waals surface area contributed by atoms with Gasteiger partial charge in [-0.3, -0.25) is 0 Å². The molecule has 2 unspecified atom stereocenters. The van der Waals surface area contributed by atoms with E-state index in [1.165, 1.54) is 25.7 Å². The normalized spacial score (nSPS) is 27.8. The summed E-state index contributed by atoms with van der Waals surface area (Å²) in [5.74, 6) is 0. The summed E-state index contributed by atoms with van der Waals surface area (Å²) in [6.07, 6.45) is 8.91. The van der Waals surface area contributed by atoms with Gasteiger partial charge in [0.1, 0.15) is 0 Å². The van der Waals surface area contributed by atoms with Crippen LogP contribution < -0.4 is 0 Å². The van der Waals surface area contributed by atoms with E-state index in [1.807, 2.05) is 0 Å². The van der Waals surface area contributed by atoms with Crippen LogP contribution >= 0.6 is 11.6 Å². The Morgan fingerprint density at radius 1 is 1.12 bits per heavy atom. The number of unbranched alkanes of at least 4 members (excludes halogenated alkanes) is 3. The van der Waals surface area contributed by atoms with Crippen molar-refractivity contribution in [2.45, 2.75) is 77.2 Å². The van der Waals surface area contributed by atoms with Gasteiger partial charge < -0.3 is 4.74 Å². The Bertz CT molecular complexity index is 189. The molecule has 0 aromatic carbocycles. The molecule has 1 nitrogen and oxygen atoms in total. The van der Waals surface area contributed by atoms with E-state index in [0.717, 1.165) is 25.9 Å². The number of hydrogen-bond acceptors (Lipinski definition) is 1. The van der Waals surface area contributed by atoms with E-state index in [1.54, 1.807) is 0 Å². The zero-order chi connectivity index (χ0) is 12.0. The summed E-state index contributed by atoms with van der Waals surface area (Å²) in [4.78, 5) is 0. The average Bonchev–Trinajstić information content (AvgIpc) is 2.29. The minimum atomic E-state index is 0.270. The maximum absolute atomic E-state index is 6.35. The van der Waals surface area contributed by atoms with E-state index < -0.39 is 0 Å². The number of rotatable bonds is 8. The van der Waals surface area contributed by atoms with Crippen molar-refractivity contribution in [2.24, 2.45) is 5.41 Å². The molecule has 16 heavy (non-hydrogen) atoms. The fourth-order valence-corrected chi connectivity index (χ4v) is 3.45. The van der Waals surface area contributed by atoms with Gasteiger partial charge in [0, 0.05) is 17.4 Å². The third-order valence-electron chi connectivity index (χ3n) is 4.32. The number of halogens is 1. The first-order chi connectivity index (χ1) is 7.71.